The third-order valence-corrected chi connectivity index (χ3v) is 9.48. The van der Waals surface area contributed by atoms with Crippen molar-refractivity contribution in [3.63, 3.8) is 0 Å². The van der Waals surface area contributed by atoms with Gasteiger partial charge in [-0.2, -0.15) is 0 Å². The van der Waals surface area contributed by atoms with Gasteiger partial charge in [-0.15, -0.1) is 0 Å². The van der Waals surface area contributed by atoms with Crippen LogP contribution in [0.1, 0.15) is 6.42 Å². The second-order valence-electron chi connectivity index (χ2n) is 5.73. The van der Waals surface area contributed by atoms with Crippen molar-refractivity contribution < 1.29 is 8.85 Å². The first-order valence-corrected chi connectivity index (χ1v) is 18.4. The average molecular weight is 532 g/mol. The number of rotatable bonds is 8. The van der Waals surface area contributed by atoms with Gasteiger partial charge in [0.2, 0.25) is 0 Å². The number of halogens is 2. The Hall–Kier alpha value is 1.73. The molecule has 0 heterocycles. The molecule has 0 aromatic rings. The zero-order valence-electron chi connectivity index (χ0n) is 13.6. The van der Waals surface area contributed by atoms with Crippen LogP contribution in [0.25, 0.3) is 0 Å². The van der Waals surface area contributed by atoms with E-state index in [9.17, 15) is 0 Å². The van der Waals surface area contributed by atoms with Gasteiger partial charge in [-0.3, -0.25) is 0 Å². The Bertz CT molecular complexity index is 209. The smallest absolute Gasteiger partial charge is 0.264 e. The monoisotopic (exact) mass is 532 g/mol. The minimum Gasteiger partial charge on any atom is -0.403 e. The summed E-state index contributed by atoms with van der Waals surface area (Å²) in [5.74, 6) is 0. The molecule has 0 radical (unpaired) electrons. The van der Waals surface area contributed by atoms with Crippen LogP contribution in [0.2, 0.25) is 26.2 Å². The highest BCUT2D eigenvalue weighted by atomic mass is 128. The maximum absolute atomic E-state index is 5.95. The molecule has 0 aliphatic carbocycles. The Morgan fingerprint density at radius 3 is 1.21 bits per heavy atom. The highest BCUT2D eigenvalue weighted by molar-refractivity contribution is 15.0. The van der Waals surface area contributed by atoms with Gasteiger partial charge in [0.1, 0.15) is 0 Å². The Morgan fingerprint density at radius 1 is 0.737 bits per heavy atom. The fourth-order valence-electron chi connectivity index (χ4n) is 0.961. The zero-order valence-corrected chi connectivity index (χ0v) is 19.9. The normalized spacial score (nSPS) is 12.6. The van der Waals surface area contributed by atoms with Crippen molar-refractivity contribution >= 4 is 54.2 Å². The highest BCUT2D eigenvalue weighted by Crippen LogP contribution is 2.09. The molecule has 118 valence electrons. The lowest BCUT2D eigenvalue weighted by Gasteiger charge is -2.31. The van der Waals surface area contributed by atoms with Crippen LogP contribution in [0.15, 0.2) is 0 Å². The molecule has 0 aromatic heterocycles. The predicted octanol–water partition coefficient (Wildman–Crippen LogP) is 3.71. The fraction of sp³-hybridized carbons (Fsp3) is 1.00. The van der Waals surface area contributed by atoms with E-state index in [1.54, 1.807) is 0 Å². The fourth-order valence-corrected chi connectivity index (χ4v) is 2.77. The molecular weight excluding hydrogens is 502 g/mol. The van der Waals surface area contributed by atoms with Gasteiger partial charge in [-0.25, -0.2) is 0 Å². The lowest BCUT2D eigenvalue weighted by atomic mass is 10.5. The summed E-state index contributed by atoms with van der Waals surface area (Å²) in [4.78, 5) is 0. The molecule has 0 aliphatic rings. The van der Waals surface area contributed by atoms with Crippen LogP contribution in [-0.4, -0.2) is 67.5 Å². The molecule has 0 aliphatic heterocycles. The summed E-state index contributed by atoms with van der Waals surface area (Å²) in [5.41, 5.74) is 0. The average Bonchev–Trinajstić information content (AvgIpc) is 2.30. The van der Waals surface area contributed by atoms with E-state index in [2.05, 4.69) is 101 Å². The van der Waals surface area contributed by atoms with Crippen LogP contribution in [0.4, 0.5) is 0 Å². The molecule has 0 fully saturated rings. The van der Waals surface area contributed by atoms with Gasteiger partial charge >= 0.3 is 0 Å². The molecule has 4 nitrogen and oxygen atoms in total. The van der Waals surface area contributed by atoms with E-state index in [4.69, 9.17) is 8.85 Å². The molecule has 0 unspecified atom stereocenters. The number of nitrogens with zero attached hydrogens (tertiary/aromatic N) is 2. The van der Waals surface area contributed by atoms with E-state index >= 15 is 0 Å². The number of hydrogen-bond acceptors (Lipinski definition) is 4. The van der Waals surface area contributed by atoms with E-state index < -0.39 is 17.0 Å². The summed E-state index contributed by atoms with van der Waals surface area (Å²) in [6, 6.07) is 0. The van der Waals surface area contributed by atoms with Gasteiger partial charge in [-0.05, 0) is 60.8 Å². The largest absolute Gasteiger partial charge is 0.403 e. The molecule has 0 amide bonds. The summed E-state index contributed by atoms with van der Waals surface area (Å²) >= 11 is 4.24. The highest BCUT2D eigenvalue weighted by Gasteiger charge is 2.27. The van der Waals surface area contributed by atoms with Crippen LogP contribution < -0.4 is 0 Å². The van der Waals surface area contributed by atoms with Gasteiger partial charge < -0.3 is 18.0 Å². The molecule has 8 heteroatoms. The first-order chi connectivity index (χ1) is 8.59. The van der Waals surface area contributed by atoms with Gasteiger partial charge in [0.15, 0.2) is 0 Å². The molecular formula is C11H30I2N2O2Si2. The lowest BCUT2D eigenvalue weighted by Crippen LogP contribution is -2.48. The van der Waals surface area contributed by atoms with Crippen molar-refractivity contribution in [1.82, 2.24) is 9.13 Å². The van der Waals surface area contributed by atoms with E-state index in [1.165, 1.54) is 0 Å². The van der Waals surface area contributed by atoms with E-state index in [1.807, 2.05) is 0 Å². The van der Waals surface area contributed by atoms with Crippen LogP contribution in [0, 0.1) is 0 Å². The second-order valence-corrected chi connectivity index (χ2v) is 13.9. The zero-order chi connectivity index (χ0) is 15.7. The van der Waals surface area contributed by atoms with Crippen molar-refractivity contribution in [1.29, 1.82) is 0 Å². The van der Waals surface area contributed by atoms with Crippen LogP contribution >= 0.6 is 37.2 Å². The van der Waals surface area contributed by atoms with Crippen LogP contribution in [0.5, 0.6) is 0 Å². The first-order valence-electron chi connectivity index (χ1n) is 6.36. The molecule has 0 rings (SSSR count). The Morgan fingerprint density at radius 2 is 1.00 bits per heavy atom. The molecule has 0 saturated carbocycles. The standard InChI is InChI=1S/C11H30N2O2Si2.I2/c1-12(2)16(5,6)14-10-9-11-15-17(7,8)13(3)4;1-2/h9-11H2,1-8H3;. The van der Waals surface area contributed by atoms with Gasteiger partial charge in [-0.1, -0.05) is 0 Å². The van der Waals surface area contributed by atoms with E-state index in [0.29, 0.717) is 0 Å². The molecule has 0 bridgehead atoms. The summed E-state index contributed by atoms with van der Waals surface area (Å²) in [6.07, 6.45) is 0.981. The third kappa shape index (κ3) is 11.0. The van der Waals surface area contributed by atoms with E-state index in [-0.39, 0.29) is 0 Å². The SMILES string of the molecule is CN(C)[Si](C)(C)OCCCO[Si](C)(C)N(C)C.II. The summed E-state index contributed by atoms with van der Waals surface area (Å²) in [7, 11) is 5.11. The molecule has 0 atom stereocenters. The molecule has 0 saturated heterocycles. The Labute approximate surface area is 145 Å². The van der Waals surface area contributed by atoms with Crippen molar-refractivity contribution in [3.05, 3.63) is 0 Å². The summed E-state index contributed by atoms with van der Waals surface area (Å²) < 4.78 is 16.3. The minimum atomic E-state index is -1.62. The molecule has 19 heavy (non-hydrogen) atoms. The van der Waals surface area contributed by atoms with Crippen molar-refractivity contribution in [2.45, 2.75) is 32.6 Å². The topological polar surface area (TPSA) is 24.9 Å². The van der Waals surface area contributed by atoms with Gasteiger partial charge in [0.25, 0.3) is 17.0 Å². The van der Waals surface area contributed by atoms with Crippen molar-refractivity contribution in [3.8, 4) is 0 Å². The summed E-state index contributed by atoms with van der Waals surface area (Å²) in [6.45, 7) is 10.5. The lowest BCUT2D eigenvalue weighted by molar-refractivity contribution is 0.208. The maximum Gasteiger partial charge on any atom is 0.264 e. The van der Waals surface area contributed by atoms with Crippen molar-refractivity contribution in [2.75, 3.05) is 41.4 Å². The second kappa shape index (κ2) is 11.3. The van der Waals surface area contributed by atoms with Gasteiger partial charge in [0, 0.05) is 50.4 Å². The van der Waals surface area contributed by atoms with Gasteiger partial charge in [0.05, 0.1) is 0 Å². The van der Waals surface area contributed by atoms with E-state index in [0.717, 1.165) is 19.6 Å². The molecule has 0 aromatic carbocycles. The first kappa shape index (κ1) is 23.0. The number of hydrogen-bond donors (Lipinski definition) is 0. The van der Waals surface area contributed by atoms with Crippen LogP contribution in [-0.2, 0) is 8.85 Å². The molecule has 0 spiro atoms. The summed E-state index contributed by atoms with van der Waals surface area (Å²) in [5, 5.41) is 0. The maximum atomic E-state index is 5.95. The predicted molar refractivity (Wildman–Crippen MR) is 107 cm³/mol. The minimum absolute atomic E-state index is 0.801. The molecule has 0 N–H and O–H groups in total. The quantitative estimate of drug-likeness (QED) is 0.271. The Kier molecular flexibility index (Phi) is 13.7. The third-order valence-electron chi connectivity index (χ3n) is 3.35. The van der Waals surface area contributed by atoms with Crippen molar-refractivity contribution in [2.24, 2.45) is 0 Å². The Balaban J connectivity index is 0. The van der Waals surface area contributed by atoms with Crippen LogP contribution in [0.3, 0.4) is 0 Å².